The summed E-state index contributed by atoms with van der Waals surface area (Å²) in [5.74, 6) is 1.72. The van der Waals surface area contributed by atoms with Crippen LogP contribution in [-0.2, 0) is 9.53 Å². The highest BCUT2D eigenvalue weighted by Gasteiger charge is 2.36. The quantitative estimate of drug-likeness (QED) is 0.743. The second-order valence-electron chi connectivity index (χ2n) is 5.61. The summed E-state index contributed by atoms with van der Waals surface area (Å²) >= 11 is 0. The van der Waals surface area contributed by atoms with E-state index in [-0.39, 0.29) is 11.8 Å². The molecule has 0 unspecified atom stereocenters. The van der Waals surface area contributed by atoms with Crippen LogP contribution in [0.25, 0.3) is 5.82 Å². The number of amides is 1. The number of hydrogen-bond acceptors (Lipinski definition) is 7. The number of carbonyl (C=O) groups is 1. The van der Waals surface area contributed by atoms with Gasteiger partial charge in [-0.15, -0.1) is 0 Å². The number of morpholine rings is 1. The van der Waals surface area contributed by atoms with Gasteiger partial charge in [0.25, 0.3) is 0 Å². The highest BCUT2D eigenvalue weighted by Crippen LogP contribution is 2.25. The zero-order chi connectivity index (χ0) is 15.6. The maximum absolute atomic E-state index is 12.4. The van der Waals surface area contributed by atoms with Crippen LogP contribution in [-0.4, -0.2) is 74.9 Å². The van der Waals surface area contributed by atoms with Crippen molar-refractivity contribution in [3.8, 4) is 5.82 Å². The summed E-state index contributed by atoms with van der Waals surface area (Å²) in [7, 11) is 0. The Balaban J connectivity index is 1.40. The molecule has 2 saturated heterocycles. The monoisotopic (exact) mass is 315 g/mol. The lowest BCUT2D eigenvalue weighted by Gasteiger charge is -2.42. The van der Waals surface area contributed by atoms with E-state index in [1.165, 1.54) is 12.7 Å². The first-order valence-corrected chi connectivity index (χ1v) is 7.60. The molecule has 2 aliphatic heterocycles. The van der Waals surface area contributed by atoms with Crippen molar-refractivity contribution in [1.29, 1.82) is 0 Å². The first kappa shape index (κ1) is 14.1. The third-order valence-corrected chi connectivity index (χ3v) is 4.17. The molecule has 0 aromatic carbocycles. The van der Waals surface area contributed by atoms with Crippen molar-refractivity contribution in [3.63, 3.8) is 0 Å². The fourth-order valence-electron chi connectivity index (χ4n) is 2.83. The Morgan fingerprint density at radius 2 is 1.91 bits per heavy atom. The van der Waals surface area contributed by atoms with Crippen LogP contribution >= 0.6 is 0 Å². The summed E-state index contributed by atoms with van der Waals surface area (Å²) in [6.07, 6.45) is 4.55. The molecule has 2 aromatic heterocycles. The molecule has 0 spiro atoms. The van der Waals surface area contributed by atoms with E-state index >= 15 is 0 Å². The van der Waals surface area contributed by atoms with Crippen LogP contribution < -0.4 is 4.90 Å². The topological polar surface area (TPSA) is 89.3 Å². The molecule has 0 aliphatic carbocycles. The average Bonchev–Trinajstić information content (AvgIpc) is 3.09. The van der Waals surface area contributed by atoms with Crippen LogP contribution in [0.15, 0.2) is 25.0 Å². The van der Waals surface area contributed by atoms with Crippen molar-refractivity contribution in [2.75, 3.05) is 44.3 Å². The third-order valence-electron chi connectivity index (χ3n) is 4.17. The smallest absolute Gasteiger partial charge is 0.229 e. The summed E-state index contributed by atoms with van der Waals surface area (Å²) in [6.45, 7) is 4.03. The van der Waals surface area contributed by atoms with Gasteiger partial charge in [-0.05, 0) is 0 Å². The van der Waals surface area contributed by atoms with Gasteiger partial charge >= 0.3 is 0 Å². The highest BCUT2D eigenvalue weighted by molar-refractivity contribution is 5.82. The summed E-state index contributed by atoms with van der Waals surface area (Å²) in [5.41, 5.74) is 0. The molecule has 2 aromatic rings. The van der Waals surface area contributed by atoms with Crippen LogP contribution in [0.1, 0.15) is 0 Å². The molecule has 4 heterocycles. The predicted octanol–water partition coefficient (Wildman–Crippen LogP) is -0.648. The molecule has 9 nitrogen and oxygen atoms in total. The second-order valence-corrected chi connectivity index (χ2v) is 5.61. The van der Waals surface area contributed by atoms with Gasteiger partial charge in [-0.2, -0.15) is 5.10 Å². The van der Waals surface area contributed by atoms with Crippen LogP contribution in [0.4, 0.5) is 5.82 Å². The Labute approximate surface area is 132 Å². The minimum atomic E-state index is 0.0397. The van der Waals surface area contributed by atoms with E-state index in [1.807, 2.05) is 11.0 Å². The van der Waals surface area contributed by atoms with Crippen molar-refractivity contribution in [2.24, 2.45) is 5.92 Å². The maximum Gasteiger partial charge on any atom is 0.229 e. The summed E-state index contributed by atoms with van der Waals surface area (Å²) in [4.78, 5) is 28.8. The van der Waals surface area contributed by atoms with Gasteiger partial charge in [-0.3, -0.25) is 4.79 Å². The molecule has 9 heteroatoms. The standard InChI is InChI=1S/C14H17N7O2/c22-14(19-1-3-23-4-2-19)11-6-20(7-11)12-5-13(17-9-16-12)21-10-15-8-18-21/h5,8-11H,1-4,6-7H2. The van der Waals surface area contributed by atoms with E-state index in [0.29, 0.717) is 45.2 Å². The molecule has 23 heavy (non-hydrogen) atoms. The van der Waals surface area contributed by atoms with Crippen molar-refractivity contribution >= 4 is 11.7 Å². The van der Waals surface area contributed by atoms with Crippen molar-refractivity contribution in [3.05, 3.63) is 25.0 Å². The maximum atomic E-state index is 12.4. The van der Waals surface area contributed by atoms with Gasteiger partial charge in [-0.25, -0.2) is 19.6 Å². The Bertz CT molecular complexity index is 678. The van der Waals surface area contributed by atoms with Crippen LogP contribution in [0.3, 0.4) is 0 Å². The summed E-state index contributed by atoms with van der Waals surface area (Å²) in [5, 5.41) is 4.06. The molecular formula is C14H17N7O2. The number of aromatic nitrogens is 5. The molecule has 0 saturated carbocycles. The normalized spacial score (nSPS) is 18.8. The average molecular weight is 315 g/mol. The van der Waals surface area contributed by atoms with Gasteiger partial charge in [0.05, 0.1) is 19.1 Å². The number of nitrogens with zero attached hydrogens (tertiary/aromatic N) is 7. The summed E-state index contributed by atoms with van der Waals surface area (Å²) in [6, 6.07) is 1.85. The van der Waals surface area contributed by atoms with E-state index in [1.54, 1.807) is 11.0 Å². The Hall–Kier alpha value is -2.55. The number of rotatable bonds is 3. The van der Waals surface area contributed by atoms with Gasteiger partial charge in [-0.1, -0.05) is 0 Å². The van der Waals surface area contributed by atoms with Gasteiger partial charge in [0.2, 0.25) is 5.91 Å². The highest BCUT2D eigenvalue weighted by atomic mass is 16.5. The molecule has 0 atom stereocenters. The molecule has 0 N–H and O–H groups in total. The molecule has 0 bridgehead atoms. The third kappa shape index (κ3) is 2.74. The van der Waals surface area contributed by atoms with E-state index in [0.717, 1.165) is 5.82 Å². The van der Waals surface area contributed by atoms with E-state index in [4.69, 9.17) is 4.74 Å². The van der Waals surface area contributed by atoms with E-state index < -0.39 is 0 Å². The minimum absolute atomic E-state index is 0.0397. The molecule has 120 valence electrons. The molecule has 4 rings (SSSR count). The molecule has 0 radical (unpaired) electrons. The van der Waals surface area contributed by atoms with Crippen LogP contribution in [0.2, 0.25) is 0 Å². The van der Waals surface area contributed by atoms with Gasteiger partial charge in [0.15, 0.2) is 5.82 Å². The number of ether oxygens (including phenoxy) is 1. The van der Waals surface area contributed by atoms with Crippen molar-refractivity contribution in [2.45, 2.75) is 0 Å². The van der Waals surface area contributed by atoms with Gasteiger partial charge in [0, 0.05) is 32.2 Å². The van der Waals surface area contributed by atoms with E-state index in [9.17, 15) is 4.79 Å². The Morgan fingerprint density at radius 3 is 2.65 bits per heavy atom. The zero-order valence-corrected chi connectivity index (χ0v) is 12.6. The van der Waals surface area contributed by atoms with Gasteiger partial charge in [0.1, 0.15) is 24.8 Å². The zero-order valence-electron chi connectivity index (χ0n) is 12.6. The lowest BCUT2D eigenvalue weighted by atomic mass is 9.98. The van der Waals surface area contributed by atoms with Crippen molar-refractivity contribution in [1.82, 2.24) is 29.6 Å². The molecule has 1 amide bonds. The fourth-order valence-corrected chi connectivity index (χ4v) is 2.83. The number of hydrogen-bond donors (Lipinski definition) is 0. The summed E-state index contributed by atoms with van der Waals surface area (Å²) < 4.78 is 6.87. The molecular weight excluding hydrogens is 298 g/mol. The first-order valence-electron chi connectivity index (χ1n) is 7.60. The SMILES string of the molecule is O=C(C1CN(c2cc(-n3cncn3)ncn2)C1)N1CCOCC1. The Kier molecular flexibility index (Phi) is 3.62. The largest absolute Gasteiger partial charge is 0.378 e. The fraction of sp³-hybridized carbons (Fsp3) is 0.500. The van der Waals surface area contributed by atoms with Gasteiger partial charge < -0.3 is 14.5 Å². The Morgan fingerprint density at radius 1 is 1.13 bits per heavy atom. The number of carbonyl (C=O) groups excluding carboxylic acids is 1. The van der Waals surface area contributed by atoms with Crippen molar-refractivity contribution < 1.29 is 9.53 Å². The predicted molar refractivity (Wildman–Crippen MR) is 80.1 cm³/mol. The second kappa shape index (κ2) is 5.92. The molecule has 2 aliphatic rings. The van der Waals surface area contributed by atoms with Crippen LogP contribution in [0, 0.1) is 5.92 Å². The first-order chi connectivity index (χ1) is 11.3. The lowest BCUT2D eigenvalue weighted by Crippen LogP contribution is -2.56. The minimum Gasteiger partial charge on any atom is -0.378 e. The van der Waals surface area contributed by atoms with E-state index in [2.05, 4.69) is 25.0 Å². The van der Waals surface area contributed by atoms with Crippen LogP contribution in [0.5, 0.6) is 0 Å². The lowest BCUT2D eigenvalue weighted by molar-refractivity contribution is -0.140. The molecule has 2 fully saturated rings. The number of anilines is 1.